The number of rotatable bonds is 6. The number of carbonyl (C=O) groups excluding carboxylic acids is 1. The van der Waals surface area contributed by atoms with Gasteiger partial charge in [0.15, 0.2) is 0 Å². The second-order valence-corrected chi connectivity index (χ2v) is 8.79. The Hall–Kier alpha value is -1.06. The largest absolute Gasteiger partial charge is 0.342 e. The van der Waals surface area contributed by atoms with E-state index in [4.69, 9.17) is 0 Å². The monoisotopic (exact) mass is 390 g/mol. The van der Waals surface area contributed by atoms with Crippen LogP contribution < -0.4 is 5.32 Å². The number of benzene rings is 1. The maximum absolute atomic E-state index is 12.8. The van der Waals surface area contributed by atoms with Crippen molar-refractivity contribution < 1.29 is 4.79 Å². The quantitative estimate of drug-likeness (QED) is 0.768. The summed E-state index contributed by atoms with van der Waals surface area (Å²) in [5.41, 5.74) is 1.34. The van der Waals surface area contributed by atoms with Crippen LogP contribution in [0.2, 0.25) is 0 Å². The van der Waals surface area contributed by atoms with Crippen molar-refractivity contribution in [3.8, 4) is 0 Å². The van der Waals surface area contributed by atoms with Crippen LogP contribution in [0.4, 0.5) is 0 Å². The smallest absolute Gasteiger partial charge is 0.226 e. The standard InChI is InChI=1S/C23H34N2O.ClH/c26-23(22-15-21(22)20-9-5-2-6-10-20)25-13-11-19(12-14-25)17-24-16-18-7-3-1-4-8-18;/h2,5-6,9-10,18-19,21-22,24H,1,3-4,7-8,11-17H2;1H/t21-,22+;/m0./s1. The molecule has 3 nitrogen and oxygen atoms in total. The van der Waals surface area contributed by atoms with Gasteiger partial charge < -0.3 is 10.2 Å². The van der Waals surface area contributed by atoms with Crippen molar-refractivity contribution in [1.29, 1.82) is 0 Å². The van der Waals surface area contributed by atoms with Crippen molar-refractivity contribution in [2.75, 3.05) is 26.2 Å². The highest BCUT2D eigenvalue weighted by Gasteiger charge is 2.46. The fourth-order valence-corrected chi connectivity index (χ4v) is 5.01. The summed E-state index contributed by atoms with van der Waals surface area (Å²) in [7, 11) is 0. The first-order valence-electron chi connectivity index (χ1n) is 10.9. The molecular formula is C23H35ClN2O. The molecule has 27 heavy (non-hydrogen) atoms. The fourth-order valence-electron chi connectivity index (χ4n) is 5.01. The van der Waals surface area contributed by atoms with Crippen LogP contribution in [0.5, 0.6) is 0 Å². The zero-order valence-electron chi connectivity index (χ0n) is 16.4. The lowest BCUT2D eigenvalue weighted by Crippen LogP contribution is -2.42. The molecule has 1 heterocycles. The van der Waals surface area contributed by atoms with E-state index in [-0.39, 0.29) is 18.3 Å². The van der Waals surface area contributed by atoms with Gasteiger partial charge in [-0.15, -0.1) is 12.4 Å². The number of hydrogen-bond acceptors (Lipinski definition) is 2. The van der Waals surface area contributed by atoms with Crippen molar-refractivity contribution in [1.82, 2.24) is 10.2 Å². The van der Waals surface area contributed by atoms with Crippen molar-refractivity contribution in [3.05, 3.63) is 35.9 Å². The summed E-state index contributed by atoms with van der Waals surface area (Å²) in [5, 5.41) is 3.73. The fraction of sp³-hybridized carbons (Fsp3) is 0.696. The van der Waals surface area contributed by atoms with E-state index >= 15 is 0 Å². The summed E-state index contributed by atoms with van der Waals surface area (Å²) in [6, 6.07) is 10.6. The first-order chi connectivity index (χ1) is 12.8. The van der Waals surface area contributed by atoms with Gasteiger partial charge in [0.05, 0.1) is 0 Å². The third kappa shape index (κ3) is 5.48. The van der Waals surface area contributed by atoms with Gasteiger partial charge in [-0.1, -0.05) is 49.6 Å². The Balaban J connectivity index is 0.00000210. The van der Waals surface area contributed by atoms with Gasteiger partial charge in [-0.2, -0.15) is 0 Å². The SMILES string of the molecule is Cl.O=C([C@@H]1C[C@H]1c1ccccc1)N1CCC(CNCC2CCCCC2)CC1. The molecule has 2 atom stereocenters. The van der Waals surface area contributed by atoms with Crippen LogP contribution in [0.1, 0.15) is 62.8 Å². The van der Waals surface area contributed by atoms with Gasteiger partial charge >= 0.3 is 0 Å². The predicted molar refractivity (Wildman–Crippen MR) is 113 cm³/mol. The van der Waals surface area contributed by atoms with Crippen LogP contribution in [-0.4, -0.2) is 37.0 Å². The van der Waals surface area contributed by atoms with E-state index in [1.807, 2.05) is 0 Å². The summed E-state index contributed by atoms with van der Waals surface area (Å²) in [5.74, 6) is 2.80. The zero-order chi connectivity index (χ0) is 17.8. The molecule has 2 aliphatic carbocycles. The van der Waals surface area contributed by atoms with Crippen LogP contribution >= 0.6 is 12.4 Å². The molecule has 4 heteroatoms. The van der Waals surface area contributed by atoms with E-state index in [1.165, 1.54) is 57.1 Å². The Morgan fingerprint density at radius 2 is 1.56 bits per heavy atom. The number of halogens is 1. The van der Waals surface area contributed by atoms with E-state index in [0.29, 0.717) is 11.8 Å². The lowest BCUT2D eigenvalue weighted by Gasteiger charge is -2.33. The molecule has 0 spiro atoms. The molecular weight excluding hydrogens is 356 g/mol. The molecule has 0 unspecified atom stereocenters. The zero-order valence-corrected chi connectivity index (χ0v) is 17.3. The molecule has 3 aliphatic rings. The lowest BCUT2D eigenvalue weighted by molar-refractivity contribution is -0.134. The normalized spacial score (nSPS) is 26.4. The summed E-state index contributed by atoms with van der Waals surface area (Å²) >= 11 is 0. The molecule has 1 N–H and O–H groups in total. The Morgan fingerprint density at radius 1 is 0.926 bits per heavy atom. The number of hydrogen-bond donors (Lipinski definition) is 1. The van der Waals surface area contributed by atoms with Crippen LogP contribution in [0.25, 0.3) is 0 Å². The minimum absolute atomic E-state index is 0. The van der Waals surface area contributed by atoms with Crippen molar-refractivity contribution in [2.45, 2.75) is 57.3 Å². The minimum atomic E-state index is 0. The Labute approximate surface area is 170 Å². The van der Waals surface area contributed by atoms with Crippen LogP contribution in [0, 0.1) is 17.8 Å². The number of nitrogens with zero attached hydrogens (tertiary/aromatic N) is 1. The highest BCUT2D eigenvalue weighted by Crippen LogP contribution is 2.48. The highest BCUT2D eigenvalue weighted by atomic mass is 35.5. The van der Waals surface area contributed by atoms with E-state index in [0.717, 1.165) is 37.9 Å². The van der Waals surface area contributed by atoms with Crippen molar-refractivity contribution in [2.24, 2.45) is 17.8 Å². The Morgan fingerprint density at radius 3 is 2.22 bits per heavy atom. The molecule has 1 amide bonds. The molecule has 1 aliphatic heterocycles. The minimum Gasteiger partial charge on any atom is -0.342 e. The summed E-state index contributed by atoms with van der Waals surface area (Å²) in [6.45, 7) is 4.29. The maximum Gasteiger partial charge on any atom is 0.226 e. The highest BCUT2D eigenvalue weighted by molar-refractivity contribution is 5.85. The van der Waals surface area contributed by atoms with E-state index in [1.54, 1.807) is 0 Å². The Bertz CT molecular complexity index is 579. The van der Waals surface area contributed by atoms with Crippen molar-refractivity contribution in [3.63, 3.8) is 0 Å². The maximum atomic E-state index is 12.8. The average Bonchev–Trinajstić information content (AvgIpc) is 3.50. The van der Waals surface area contributed by atoms with Gasteiger partial charge in [0, 0.05) is 19.0 Å². The van der Waals surface area contributed by atoms with Gasteiger partial charge in [-0.05, 0) is 68.5 Å². The number of nitrogens with one attached hydrogen (secondary N) is 1. The third-order valence-electron chi connectivity index (χ3n) is 6.85. The van der Waals surface area contributed by atoms with Gasteiger partial charge in [0.25, 0.3) is 0 Å². The van der Waals surface area contributed by atoms with E-state index in [9.17, 15) is 4.79 Å². The lowest BCUT2D eigenvalue weighted by atomic mass is 9.89. The number of likely N-dealkylation sites (tertiary alicyclic amines) is 1. The molecule has 0 bridgehead atoms. The molecule has 1 aromatic rings. The van der Waals surface area contributed by atoms with Gasteiger partial charge in [-0.25, -0.2) is 0 Å². The first-order valence-corrected chi connectivity index (χ1v) is 10.9. The molecule has 4 rings (SSSR count). The summed E-state index contributed by atoms with van der Waals surface area (Å²) in [6.07, 6.45) is 10.5. The second-order valence-electron chi connectivity index (χ2n) is 8.79. The molecule has 0 radical (unpaired) electrons. The summed E-state index contributed by atoms with van der Waals surface area (Å²) < 4.78 is 0. The van der Waals surface area contributed by atoms with E-state index < -0.39 is 0 Å². The number of amides is 1. The molecule has 3 fully saturated rings. The van der Waals surface area contributed by atoms with Crippen LogP contribution in [-0.2, 0) is 4.79 Å². The molecule has 1 aromatic carbocycles. The predicted octanol–water partition coefficient (Wildman–Crippen LogP) is 4.62. The first kappa shape index (κ1) is 20.7. The second kappa shape index (κ2) is 9.93. The van der Waals surface area contributed by atoms with Crippen LogP contribution in [0.3, 0.4) is 0 Å². The van der Waals surface area contributed by atoms with Crippen LogP contribution in [0.15, 0.2) is 30.3 Å². The van der Waals surface area contributed by atoms with Gasteiger partial charge in [0.2, 0.25) is 5.91 Å². The Kier molecular flexibility index (Phi) is 7.60. The van der Waals surface area contributed by atoms with Crippen molar-refractivity contribution >= 4 is 18.3 Å². The van der Waals surface area contributed by atoms with Gasteiger partial charge in [0.1, 0.15) is 0 Å². The third-order valence-corrected chi connectivity index (χ3v) is 6.85. The molecule has 1 saturated heterocycles. The molecule has 150 valence electrons. The average molecular weight is 391 g/mol. The van der Waals surface area contributed by atoms with E-state index in [2.05, 4.69) is 40.5 Å². The number of piperidine rings is 1. The summed E-state index contributed by atoms with van der Waals surface area (Å²) in [4.78, 5) is 14.9. The molecule has 2 saturated carbocycles. The van der Waals surface area contributed by atoms with Gasteiger partial charge in [-0.3, -0.25) is 4.79 Å². The topological polar surface area (TPSA) is 32.3 Å². The number of carbonyl (C=O) groups is 1. The molecule has 0 aromatic heterocycles.